The minimum atomic E-state index is -3.49. The van der Waals surface area contributed by atoms with Crippen LogP contribution in [0.2, 0.25) is 0 Å². The van der Waals surface area contributed by atoms with Gasteiger partial charge >= 0.3 is 5.97 Å². The standard InChI is InChI=1S/C27H28N4O5S/c1-3-36-27(33)19-9-14-22-23(17-19)30-26(32)24(22)25(18-7-5-4-6-8-18)29-20-10-12-21(13-11-20)31(16-15-28)37(2,34)35/h4-14,17,24H,3,15-16,28H2,1-2H3,(H,30,32). The monoisotopic (exact) mass is 520 g/mol. The van der Waals surface area contributed by atoms with Crippen molar-refractivity contribution < 1.29 is 22.7 Å². The summed E-state index contributed by atoms with van der Waals surface area (Å²) < 4.78 is 30.6. The number of benzene rings is 3. The van der Waals surface area contributed by atoms with Gasteiger partial charge < -0.3 is 15.8 Å². The molecule has 37 heavy (non-hydrogen) atoms. The first-order chi connectivity index (χ1) is 17.7. The van der Waals surface area contributed by atoms with Gasteiger partial charge in [-0.1, -0.05) is 36.4 Å². The van der Waals surface area contributed by atoms with Gasteiger partial charge in [0.15, 0.2) is 0 Å². The highest BCUT2D eigenvalue weighted by Crippen LogP contribution is 2.37. The summed E-state index contributed by atoms with van der Waals surface area (Å²) in [6.07, 6.45) is 1.13. The first kappa shape index (κ1) is 26.1. The van der Waals surface area contributed by atoms with Crippen molar-refractivity contribution in [3.8, 4) is 0 Å². The summed E-state index contributed by atoms with van der Waals surface area (Å²) in [5, 5.41) is 2.86. The Balaban J connectivity index is 1.75. The van der Waals surface area contributed by atoms with Crippen LogP contribution in [0.1, 0.15) is 34.3 Å². The van der Waals surface area contributed by atoms with Gasteiger partial charge in [0.2, 0.25) is 15.9 Å². The highest BCUT2D eigenvalue weighted by atomic mass is 32.2. The molecule has 3 aromatic carbocycles. The predicted molar refractivity (Wildman–Crippen MR) is 144 cm³/mol. The number of rotatable bonds is 9. The molecular weight excluding hydrogens is 492 g/mol. The van der Waals surface area contributed by atoms with E-state index in [4.69, 9.17) is 15.5 Å². The molecule has 1 amide bonds. The van der Waals surface area contributed by atoms with Crippen LogP contribution in [0.3, 0.4) is 0 Å². The van der Waals surface area contributed by atoms with Gasteiger partial charge in [-0.15, -0.1) is 0 Å². The Bertz CT molecular complexity index is 1440. The maximum atomic E-state index is 13.2. The number of nitrogens with two attached hydrogens (primary N) is 1. The number of carbonyl (C=O) groups is 2. The van der Waals surface area contributed by atoms with Crippen molar-refractivity contribution in [1.29, 1.82) is 0 Å². The van der Waals surface area contributed by atoms with Crippen molar-refractivity contribution in [3.63, 3.8) is 0 Å². The second-order valence-electron chi connectivity index (χ2n) is 8.45. The first-order valence-electron chi connectivity index (χ1n) is 11.8. The molecule has 3 aromatic rings. The van der Waals surface area contributed by atoms with Gasteiger partial charge in [0.25, 0.3) is 0 Å². The number of anilines is 2. The van der Waals surface area contributed by atoms with E-state index in [0.717, 1.165) is 11.8 Å². The molecule has 0 spiro atoms. The lowest BCUT2D eigenvalue weighted by atomic mass is 9.90. The van der Waals surface area contributed by atoms with E-state index in [1.807, 2.05) is 30.3 Å². The molecule has 10 heteroatoms. The third kappa shape index (κ3) is 5.71. The fourth-order valence-electron chi connectivity index (χ4n) is 4.22. The van der Waals surface area contributed by atoms with Crippen LogP contribution in [0.25, 0.3) is 0 Å². The summed E-state index contributed by atoms with van der Waals surface area (Å²) in [6, 6.07) is 21.1. The van der Waals surface area contributed by atoms with Gasteiger partial charge in [-0.25, -0.2) is 13.2 Å². The van der Waals surface area contributed by atoms with E-state index in [0.29, 0.717) is 33.9 Å². The molecule has 0 radical (unpaired) electrons. The van der Waals surface area contributed by atoms with Crippen LogP contribution in [-0.4, -0.2) is 52.0 Å². The first-order valence-corrected chi connectivity index (χ1v) is 13.6. The van der Waals surface area contributed by atoms with Gasteiger partial charge in [0.05, 0.1) is 35.5 Å². The summed E-state index contributed by atoms with van der Waals surface area (Å²) in [4.78, 5) is 30.2. The van der Waals surface area contributed by atoms with Crippen molar-refractivity contribution in [1.82, 2.24) is 0 Å². The second-order valence-corrected chi connectivity index (χ2v) is 10.4. The largest absolute Gasteiger partial charge is 0.462 e. The van der Waals surface area contributed by atoms with Crippen molar-refractivity contribution in [3.05, 3.63) is 89.5 Å². The Morgan fingerprint density at radius 3 is 2.38 bits per heavy atom. The third-order valence-electron chi connectivity index (χ3n) is 5.86. The number of hydrogen-bond donors (Lipinski definition) is 2. The number of fused-ring (bicyclic) bond motifs is 1. The van der Waals surface area contributed by atoms with Gasteiger partial charge in [0.1, 0.15) is 5.92 Å². The zero-order valence-electron chi connectivity index (χ0n) is 20.5. The number of hydrogen-bond acceptors (Lipinski definition) is 7. The normalized spacial score (nSPS) is 15.2. The zero-order valence-corrected chi connectivity index (χ0v) is 21.4. The number of nitrogens with one attached hydrogen (secondary N) is 1. The van der Waals surface area contributed by atoms with Crippen LogP contribution in [0.5, 0.6) is 0 Å². The van der Waals surface area contributed by atoms with E-state index >= 15 is 0 Å². The molecule has 1 aliphatic heterocycles. The van der Waals surface area contributed by atoms with Crippen LogP contribution < -0.4 is 15.4 Å². The summed E-state index contributed by atoms with van der Waals surface area (Å²) in [6.45, 7) is 2.32. The summed E-state index contributed by atoms with van der Waals surface area (Å²) in [5.74, 6) is -1.43. The molecule has 0 bridgehead atoms. The molecule has 1 unspecified atom stereocenters. The zero-order chi connectivity index (χ0) is 26.6. The lowest BCUT2D eigenvalue weighted by Crippen LogP contribution is -2.34. The van der Waals surface area contributed by atoms with Gasteiger partial charge in [-0.05, 0) is 54.4 Å². The molecule has 3 N–H and O–H groups in total. The van der Waals surface area contributed by atoms with Gasteiger partial charge in [-0.3, -0.25) is 14.1 Å². The predicted octanol–water partition coefficient (Wildman–Crippen LogP) is 3.44. The van der Waals surface area contributed by atoms with Crippen LogP contribution in [0, 0.1) is 0 Å². The van der Waals surface area contributed by atoms with Crippen molar-refractivity contribution >= 4 is 44.7 Å². The van der Waals surface area contributed by atoms with Crippen LogP contribution in [0.15, 0.2) is 77.8 Å². The maximum absolute atomic E-state index is 13.2. The number of amides is 1. The lowest BCUT2D eigenvalue weighted by Gasteiger charge is -2.21. The summed E-state index contributed by atoms with van der Waals surface area (Å²) >= 11 is 0. The number of esters is 1. The molecule has 0 fully saturated rings. The number of aliphatic imine (C=N–C) groups is 1. The molecule has 0 saturated heterocycles. The maximum Gasteiger partial charge on any atom is 0.338 e. The molecule has 0 saturated carbocycles. The van der Waals surface area contributed by atoms with Gasteiger partial charge in [-0.2, -0.15) is 0 Å². The quantitative estimate of drug-likeness (QED) is 0.328. The summed E-state index contributed by atoms with van der Waals surface area (Å²) in [7, 11) is -3.49. The molecule has 1 atom stereocenters. The molecule has 0 aromatic heterocycles. The Kier molecular flexibility index (Phi) is 7.70. The Hall–Kier alpha value is -4.02. The molecule has 192 valence electrons. The van der Waals surface area contributed by atoms with E-state index in [-0.39, 0.29) is 25.6 Å². The molecule has 0 aliphatic carbocycles. The average molecular weight is 521 g/mol. The SMILES string of the molecule is CCOC(=O)c1ccc2c(c1)NC(=O)C2C(=Nc1ccc(N(CCN)S(C)(=O)=O)cc1)c1ccccc1. The second kappa shape index (κ2) is 10.9. The highest BCUT2D eigenvalue weighted by molar-refractivity contribution is 7.92. The third-order valence-corrected chi connectivity index (χ3v) is 7.05. The van der Waals surface area contributed by atoms with Gasteiger partial charge in [0, 0.05) is 18.8 Å². The number of ether oxygens (including phenoxy) is 1. The average Bonchev–Trinajstić information content (AvgIpc) is 3.21. The van der Waals surface area contributed by atoms with Crippen molar-refractivity contribution in [2.24, 2.45) is 10.7 Å². The smallest absolute Gasteiger partial charge is 0.338 e. The van der Waals surface area contributed by atoms with Crippen molar-refractivity contribution in [2.75, 3.05) is 35.6 Å². The highest BCUT2D eigenvalue weighted by Gasteiger charge is 2.36. The fraction of sp³-hybridized carbons (Fsp3) is 0.222. The van der Waals surface area contributed by atoms with E-state index < -0.39 is 21.9 Å². The number of nitrogens with zero attached hydrogens (tertiary/aromatic N) is 2. The van der Waals surface area contributed by atoms with Crippen molar-refractivity contribution in [2.45, 2.75) is 12.8 Å². The fourth-order valence-corrected chi connectivity index (χ4v) is 5.16. The molecule has 1 aliphatic rings. The van der Waals surface area contributed by atoms with Crippen LogP contribution in [0.4, 0.5) is 17.1 Å². The van der Waals surface area contributed by atoms with Crippen LogP contribution in [-0.2, 0) is 19.6 Å². The topological polar surface area (TPSA) is 131 Å². The number of carbonyl (C=O) groups excluding carboxylic acids is 2. The Morgan fingerprint density at radius 1 is 1.05 bits per heavy atom. The summed E-state index contributed by atoms with van der Waals surface area (Å²) in [5.41, 5.74) is 9.48. The Labute approximate surface area is 216 Å². The molecule has 1 heterocycles. The van der Waals surface area contributed by atoms with Crippen LogP contribution >= 0.6 is 0 Å². The molecular formula is C27H28N4O5S. The number of sulfonamides is 1. The van der Waals surface area contributed by atoms with E-state index in [1.165, 1.54) is 4.31 Å². The van der Waals surface area contributed by atoms with E-state index in [1.54, 1.807) is 49.4 Å². The lowest BCUT2D eigenvalue weighted by molar-refractivity contribution is -0.115. The minimum Gasteiger partial charge on any atom is -0.462 e. The molecule has 9 nitrogen and oxygen atoms in total. The Morgan fingerprint density at radius 2 is 1.76 bits per heavy atom. The van der Waals surface area contributed by atoms with E-state index in [2.05, 4.69) is 5.32 Å². The minimum absolute atomic E-state index is 0.156. The van der Waals surface area contributed by atoms with E-state index in [9.17, 15) is 18.0 Å². The molecule has 4 rings (SSSR count).